The highest BCUT2D eigenvalue weighted by Gasteiger charge is 2.26. The van der Waals surface area contributed by atoms with Gasteiger partial charge in [-0.2, -0.15) is 4.31 Å². The van der Waals surface area contributed by atoms with Crippen molar-refractivity contribution < 1.29 is 22.7 Å². The second-order valence-electron chi connectivity index (χ2n) is 5.84. The van der Waals surface area contributed by atoms with E-state index in [9.17, 15) is 13.2 Å². The number of hydrogen-bond acceptors (Lipinski definition) is 5. The van der Waals surface area contributed by atoms with E-state index in [4.69, 9.17) is 21.1 Å². The SMILES string of the molecule is COc1ccc(NC(=O)c2ccc(S(=O)(=O)N3CCOCC3)cc2)cc1Cl. The van der Waals surface area contributed by atoms with Crippen molar-refractivity contribution in [2.24, 2.45) is 0 Å². The average Bonchev–Trinajstić information content (AvgIpc) is 2.69. The van der Waals surface area contributed by atoms with E-state index in [0.29, 0.717) is 48.3 Å². The molecule has 0 bridgehead atoms. The fourth-order valence-corrected chi connectivity index (χ4v) is 4.33. The standard InChI is InChI=1S/C18H19ClN2O5S/c1-25-17-7-4-14(12-16(17)19)20-18(22)13-2-5-15(6-3-13)27(23,24)21-8-10-26-11-9-21/h2-7,12H,8-11H2,1H3,(H,20,22). The second-order valence-corrected chi connectivity index (χ2v) is 8.19. The van der Waals surface area contributed by atoms with Gasteiger partial charge in [0.1, 0.15) is 5.75 Å². The van der Waals surface area contributed by atoms with E-state index in [1.807, 2.05) is 0 Å². The lowest BCUT2D eigenvalue weighted by Crippen LogP contribution is -2.40. The first kappa shape index (κ1) is 19.6. The van der Waals surface area contributed by atoms with Crippen LogP contribution in [0.25, 0.3) is 0 Å². The number of amides is 1. The molecule has 0 aromatic heterocycles. The molecule has 0 spiro atoms. The van der Waals surface area contributed by atoms with Gasteiger partial charge in [-0.3, -0.25) is 4.79 Å². The normalized spacial score (nSPS) is 15.3. The molecule has 2 aromatic carbocycles. The molecule has 144 valence electrons. The summed E-state index contributed by atoms with van der Waals surface area (Å²) in [5.41, 5.74) is 0.846. The van der Waals surface area contributed by atoms with Crippen molar-refractivity contribution in [2.75, 3.05) is 38.7 Å². The summed E-state index contributed by atoms with van der Waals surface area (Å²) >= 11 is 6.05. The second kappa shape index (κ2) is 8.26. The molecule has 0 unspecified atom stereocenters. The number of anilines is 1. The molecular formula is C18H19ClN2O5S. The third-order valence-electron chi connectivity index (χ3n) is 4.13. The predicted molar refractivity (Wildman–Crippen MR) is 102 cm³/mol. The minimum Gasteiger partial charge on any atom is -0.495 e. The molecule has 7 nitrogen and oxygen atoms in total. The molecule has 0 radical (unpaired) electrons. The van der Waals surface area contributed by atoms with Gasteiger partial charge in [-0.05, 0) is 42.5 Å². The fourth-order valence-electron chi connectivity index (χ4n) is 2.66. The Balaban J connectivity index is 1.73. The lowest BCUT2D eigenvalue weighted by atomic mass is 10.2. The molecular weight excluding hydrogens is 392 g/mol. The summed E-state index contributed by atoms with van der Waals surface area (Å²) in [5.74, 6) is 0.138. The molecule has 27 heavy (non-hydrogen) atoms. The number of morpholine rings is 1. The summed E-state index contributed by atoms with van der Waals surface area (Å²) in [4.78, 5) is 12.5. The molecule has 1 heterocycles. The van der Waals surface area contributed by atoms with Gasteiger partial charge in [-0.1, -0.05) is 11.6 Å². The number of ether oxygens (including phenoxy) is 2. The number of sulfonamides is 1. The summed E-state index contributed by atoms with van der Waals surface area (Å²) in [5, 5.41) is 3.09. The Hall–Kier alpha value is -2.13. The minimum absolute atomic E-state index is 0.147. The summed E-state index contributed by atoms with van der Waals surface area (Å²) in [6.07, 6.45) is 0. The van der Waals surface area contributed by atoms with E-state index < -0.39 is 10.0 Å². The van der Waals surface area contributed by atoms with E-state index in [1.165, 1.54) is 35.7 Å². The Kier molecular flexibility index (Phi) is 6.01. The number of carbonyl (C=O) groups excluding carboxylic acids is 1. The molecule has 0 atom stereocenters. The van der Waals surface area contributed by atoms with Crippen LogP contribution in [0, 0.1) is 0 Å². The van der Waals surface area contributed by atoms with Crippen LogP contribution in [0.5, 0.6) is 5.75 Å². The van der Waals surface area contributed by atoms with Crippen molar-refractivity contribution in [1.82, 2.24) is 4.31 Å². The minimum atomic E-state index is -3.59. The zero-order chi connectivity index (χ0) is 19.4. The Morgan fingerprint density at radius 2 is 1.81 bits per heavy atom. The van der Waals surface area contributed by atoms with Gasteiger partial charge in [0.2, 0.25) is 10.0 Å². The van der Waals surface area contributed by atoms with Gasteiger partial charge >= 0.3 is 0 Å². The van der Waals surface area contributed by atoms with Gasteiger partial charge in [0.15, 0.2) is 0 Å². The molecule has 1 aliphatic rings. The van der Waals surface area contributed by atoms with Crippen molar-refractivity contribution in [3.8, 4) is 5.75 Å². The molecule has 1 fully saturated rings. The molecule has 2 aromatic rings. The zero-order valence-electron chi connectivity index (χ0n) is 14.6. The van der Waals surface area contributed by atoms with Gasteiger partial charge in [0.25, 0.3) is 5.91 Å². The number of halogens is 1. The molecule has 1 saturated heterocycles. The lowest BCUT2D eigenvalue weighted by molar-refractivity contribution is 0.0730. The molecule has 1 aliphatic heterocycles. The van der Waals surface area contributed by atoms with Crippen LogP contribution in [0.1, 0.15) is 10.4 Å². The van der Waals surface area contributed by atoms with Crippen LogP contribution in [0.4, 0.5) is 5.69 Å². The van der Waals surface area contributed by atoms with Gasteiger partial charge < -0.3 is 14.8 Å². The highest BCUT2D eigenvalue weighted by molar-refractivity contribution is 7.89. The Morgan fingerprint density at radius 3 is 2.41 bits per heavy atom. The largest absolute Gasteiger partial charge is 0.495 e. The van der Waals surface area contributed by atoms with Crippen molar-refractivity contribution >= 4 is 33.2 Å². The van der Waals surface area contributed by atoms with E-state index in [-0.39, 0.29) is 10.8 Å². The summed E-state index contributed by atoms with van der Waals surface area (Å²) in [7, 11) is -2.08. The average molecular weight is 411 g/mol. The van der Waals surface area contributed by atoms with Crippen LogP contribution < -0.4 is 10.1 Å². The molecule has 9 heteroatoms. The van der Waals surface area contributed by atoms with Crippen molar-refractivity contribution in [3.05, 3.63) is 53.1 Å². The smallest absolute Gasteiger partial charge is 0.255 e. The molecule has 1 N–H and O–H groups in total. The van der Waals surface area contributed by atoms with Crippen LogP contribution in [-0.4, -0.2) is 52.0 Å². The van der Waals surface area contributed by atoms with E-state index in [2.05, 4.69) is 5.32 Å². The third kappa shape index (κ3) is 4.41. The number of rotatable bonds is 5. The summed E-state index contributed by atoms with van der Waals surface area (Å²) in [6, 6.07) is 10.7. The topological polar surface area (TPSA) is 84.9 Å². The number of benzene rings is 2. The highest BCUT2D eigenvalue weighted by Crippen LogP contribution is 2.27. The Labute approximate surface area is 162 Å². The molecule has 1 amide bonds. The monoisotopic (exact) mass is 410 g/mol. The van der Waals surface area contributed by atoms with Gasteiger partial charge in [-0.25, -0.2) is 8.42 Å². The van der Waals surface area contributed by atoms with E-state index >= 15 is 0 Å². The molecule has 0 saturated carbocycles. The van der Waals surface area contributed by atoms with E-state index in [1.54, 1.807) is 18.2 Å². The lowest BCUT2D eigenvalue weighted by Gasteiger charge is -2.26. The van der Waals surface area contributed by atoms with Crippen LogP contribution in [0.3, 0.4) is 0 Å². The summed E-state index contributed by atoms with van der Waals surface area (Å²) < 4.78 is 36.8. The first-order valence-corrected chi connectivity index (χ1v) is 10.1. The van der Waals surface area contributed by atoms with Crippen LogP contribution in [0.2, 0.25) is 5.02 Å². The number of methoxy groups -OCH3 is 1. The quantitative estimate of drug-likeness (QED) is 0.819. The van der Waals surface area contributed by atoms with Gasteiger partial charge in [0, 0.05) is 24.3 Å². The molecule has 3 rings (SSSR count). The maximum atomic E-state index is 12.6. The molecule has 0 aliphatic carbocycles. The van der Waals surface area contributed by atoms with Gasteiger partial charge in [0.05, 0.1) is 30.2 Å². The van der Waals surface area contributed by atoms with Crippen LogP contribution in [0.15, 0.2) is 47.4 Å². The van der Waals surface area contributed by atoms with E-state index in [0.717, 1.165) is 0 Å². The first-order chi connectivity index (χ1) is 12.9. The predicted octanol–water partition coefficient (Wildman–Crippen LogP) is 2.62. The first-order valence-electron chi connectivity index (χ1n) is 8.24. The van der Waals surface area contributed by atoms with Crippen LogP contribution >= 0.6 is 11.6 Å². The van der Waals surface area contributed by atoms with Gasteiger partial charge in [-0.15, -0.1) is 0 Å². The van der Waals surface area contributed by atoms with Crippen molar-refractivity contribution in [3.63, 3.8) is 0 Å². The van der Waals surface area contributed by atoms with Crippen LogP contribution in [-0.2, 0) is 14.8 Å². The fraction of sp³-hybridized carbons (Fsp3) is 0.278. The van der Waals surface area contributed by atoms with Crippen molar-refractivity contribution in [2.45, 2.75) is 4.90 Å². The number of carbonyl (C=O) groups is 1. The Morgan fingerprint density at radius 1 is 1.15 bits per heavy atom. The maximum Gasteiger partial charge on any atom is 0.255 e. The number of nitrogens with one attached hydrogen (secondary N) is 1. The van der Waals surface area contributed by atoms with Crippen molar-refractivity contribution in [1.29, 1.82) is 0 Å². The zero-order valence-corrected chi connectivity index (χ0v) is 16.2. The maximum absolute atomic E-state index is 12.6. The highest BCUT2D eigenvalue weighted by atomic mass is 35.5. The third-order valence-corrected chi connectivity index (χ3v) is 6.34. The Bertz CT molecular complexity index is 925. The summed E-state index contributed by atoms with van der Waals surface area (Å²) in [6.45, 7) is 1.40. The number of nitrogens with zero attached hydrogens (tertiary/aromatic N) is 1. The number of hydrogen-bond donors (Lipinski definition) is 1.